The predicted octanol–water partition coefficient (Wildman–Crippen LogP) is 4.65. The van der Waals surface area contributed by atoms with Crippen LogP contribution in [0.3, 0.4) is 0 Å². The van der Waals surface area contributed by atoms with Crippen molar-refractivity contribution < 1.29 is 14.1 Å². The van der Waals surface area contributed by atoms with E-state index in [1.165, 1.54) is 6.07 Å². The minimum atomic E-state index is -0.978. The summed E-state index contributed by atoms with van der Waals surface area (Å²) in [5.41, 5.74) is 1.87. The fraction of sp³-hybridized carbons (Fsp3) is 0. The van der Waals surface area contributed by atoms with Crippen molar-refractivity contribution in [1.82, 2.24) is 0 Å². The highest BCUT2D eigenvalue weighted by molar-refractivity contribution is 6.04. The SMILES string of the molecule is O=C(Nc1ccc(-c2ccccc2)cc1)c1ccc(F)c([N+](=O)[O-])c1. The molecule has 0 fully saturated rings. The molecular weight excluding hydrogens is 323 g/mol. The molecule has 124 valence electrons. The van der Waals surface area contributed by atoms with Crippen molar-refractivity contribution in [1.29, 1.82) is 0 Å². The Balaban J connectivity index is 1.77. The molecule has 1 N–H and O–H groups in total. The number of rotatable bonds is 4. The summed E-state index contributed by atoms with van der Waals surface area (Å²) >= 11 is 0. The van der Waals surface area contributed by atoms with Crippen molar-refractivity contribution in [2.75, 3.05) is 5.32 Å². The Kier molecular flexibility index (Phi) is 4.52. The summed E-state index contributed by atoms with van der Waals surface area (Å²) in [7, 11) is 0. The molecule has 0 aliphatic carbocycles. The van der Waals surface area contributed by atoms with E-state index in [1.807, 2.05) is 42.5 Å². The average Bonchev–Trinajstić information content (AvgIpc) is 2.63. The van der Waals surface area contributed by atoms with E-state index in [0.29, 0.717) is 5.69 Å². The second-order valence-corrected chi connectivity index (χ2v) is 5.32. The molecule has 0 saturated heterocycles. The first-order valence-corrected chi connectivity index (χ1v) is 7.45. The molecule has 3 aromatic carbocycles. The molecule has 0 spiro atoms. The van der Waals surface area contributed by atoms with Gasteiger partial charge in [-0.2, -0.15) is 4.39 Å². The molecular formula is C19H13FN2O3. The third-order valence-corrected chi connectivity index (χ3v) is 3.65. The van der Waals surface area contributed by atoms with Crippen LogP contribution in [0.1, 0.15) is 10.4 Å². The molecule has 0 bridgehead atoms. The molecule has 0 radical (unpaired) electrons. The van der Waals surface area contributed by atoms with Crippen LogP contribution >= 0.6 is 0 Å². The number of carbonyl (C=O) groups is 1. The molecule has 6 heteroatoms. The lowest BCUT2D eigenvalue weighted by molar-refractivity contribution is -0.387. The van der Waals surface area contributed by atoms with Crippen LogP contribution in [-0.4, -0.2) is 10.8 Å². The summed E-state index contributed by atoms with van der Waals surface area (Å²) in [6.07, 6.45) is 0. The molecule has 5 nitrogen and oxygen atoms in total. The molecule has 0 aliphatic rings. The highest BCUT2D eigenvalue weighted by Crippen LogP contribution is 2.22. The average molecular weight is 336 g/mol. The first-order chi connectivity index (χ1) is 12.0. The third-order valence-electron chi connectivity index (χ3n) is 3.65. The van der Waals surface area contributed by atoms with Crippen LogP contribution in [0.15, 0.2) is 72.8 Å². The van der Waals surface area contributed by atoms with E-state index in [4.69, 9.17) is 0 Å². The Morgan fingerprint density at radius 3 is 2.20 bits per heavy atom. The van der Waals surface area contributed by atoms with Crippen molar-refractivity contribution >= 4 is 17.3 Å². The molecule has 0 unspecified atom stereocenters. The lowest BCUT2D eigenvalue weighted by atomic mass is 10.1. The van der Waals surface area contributed by atoms with Gasteiger partial charge in [0, 0.05) is 17.3 Å². The molecule has 3 aromatic rings. The molecule has 1 amide bonds. The van der Waals surface area contributed by atoms with Crippen LogP contribution in [0, 0.1) is 15.9 Å². The summed E-state index contributed by atoms with van der Waals surface area (Å²) in [4.78, 5) is 22.1. The zero-order valence-electron chi connectivity index (χ0n) is 13.0. The summed E-state index contributed by atoms with van der Waals surface area (Å²) < 4.78 is 13.3. The monoisotopic (exact) mass is 336 g/mol. The van der Waals surface area contributed by atoms with Crippen LogP contribution in [0.5, 0.6) is 0 Å². The van der Waals surface area contributed by atoms with Gasteiger partial charge in [0.15, 0.2) is 0 Å². The number of hydrogen-bond donors (Lipinski definition) is 1. The molecule has 0 aliphatic heterocycles. The van der Waals surface area contributed by atoms with Gasteiger partial charge in [-0.05, 0) is 35.4 Å². The molecule has 0 aromatic heterocycles. The van der Waals surface area contributed by atoms with Crippen LogP contribution in [-0.2, 0) is 0 Å². The zero-order chi connectivity index (χ0) is 17.8. The Morgan fingerprint density at radius 1 is 0.920 bits per heavy atom. The van der Waals surface area contributed by atoms with Crippen molar-refractivity contribution in [3.8, 4) is 11.1 Å². The molecule has 0 saturated carbocycles. The van der Waals surface area contributed by atoms with Gasteiger partial charge in [-0.25, -0.2) is 0 Å². The van der Waals surface area contributed by atoms with Gasteiger partial charge in [-0.3, -0.25) is 14.9 Å². The number of nitro benzene ring substituents is 1. The van der Waals surface area contributed by atoms with Gasteiger partial charge in [-0.1, -0.05) is 42.5 Å². The summed E-state index contributed by atoms with van der Waals surface area (Å²) in [5.74, 6) is -1.52. The maximum Gasteiger partial charge on any atom is 0.305 e. The standard InChI is InChI=1S/C19H13FN2O3/c20-17-11-8-15(12-18(17)22(24)25)19(23)21-16-9-6-14(7-10-16)13-4-2-1-3-5-13/h1-12H,(H,21,23). The van der Waals surface area contributed by atoms with E-state index in [0.717, 1.165) is 23.3 Å². The van der Waals surface area contributed by atoms with Crippen LogP contribution in [0.2, 0.25) is 0 Å². The van der Waals surface area contributed by atoms with Crippen molar-refractivity contribution in [3.05, 3.63) is 94.3 Å². The second-order valence-electron chi connectivity index (χ2n) is 5.32. The largest absolute Gasteiger partial charge is 0.322 e. The number of halogens is 1. The quantitative estimate of drug-likeness (QED) is 0.556. The number of anilines is 1. The van der Waals surface area contributed by atoms with E-state index in [1.54, 1.807) is 12.1 Å². The number of carbonyl (C=O) groups excluding carboxylic acids is 1. The molecule has 3 rings (SSSR count). The Labute approximate surface area is 142 Å². The van der Waals surface area contributed by atoms with E-state index in [-0.39, 0.29) is 5.56 Å². The highest BCUT2D eigenvalue weighted by Gasteiger charge is 2.17. The second kappa shape index (κ2) is 6.92. The van der Waals surface area contributed by atoms with Crippen LogP contribution in [0.25, 0.3) is 11.1 Å². The lowest BCUT2D eigenvalue weighted by Gasteiger charge is -2.07. The first-order valence-electron chi connectivity index (χ1n) is 7.45. The lowest BCUT2D eigenvalue weighted by Crippen LogP contribution is -2.12. The van der Waals surface area contributed by atoms with Gasteiger partial charge in [0.05, 0.1) is 4.92 Å². The van der Waals surface area contributed by atoms with E-state index >= 15 is 0 Å². The first kappa shape index (κ1) is 16.3. The number of hydrogen-bond acceptors (Lipinski definition) is 3. The van der Waals surface area contributed by atoms with E-state index < -0.39 is 22.3 Å². The van der Waals surface area contributed by atoms with Gasteiger partial charge in [0.2, 0.25) is 5.82 Å². The van der Waals surface area contributed by atoms with Gasteiger partial charge in [-0.15, -0.1) is 0 Å². The maximum absolute atomic E-state index is 13.3. The number of nitrogens with zero attached hydrogens (tertiary/aromatic N) is 1. The number of nitrogens with one attached hydrogen (secondary N) is 1. The number of benzene rings is 3. The van der Waals surface area contributed by atoms with Gasteiger partial charge >= 0.3 is 5.69 Å². The smallest absolute Gasteiger partial charge is 0.305 e. The molecule has 25 heavy (non-hydrogen) atoms. The zero-order valence-corrected chi connectivity index (χ0v) is 13.0. The molecule has 0 heterocycles. The third kappa shape index (κ3) is 3.69. The Bertz CT molecular complexity index is 925. The van der Waals surface area contributed by atoms with Gasteiger partial charge < -0.3 is 5.32 Å². The van der Waals surface area contributed by atoms with Crippen molar-refractivity contribution in [2.45, 2.75) is 0 Å². The normalized spacial score (nSPS) is 10.3. The molecule has 0 atom stereocenters. The van der Waals surface area contributed by atoms with Crippen LogP contribution in [0.4, 0.5) is 15.8 Å². The number of nitro groups is 1. The highest BCUT2D eigenvalue weighted by atomic mass is 19.1. The topological polar surface area (TPSA) is 72.2 Å². The number of amides is 1. The summed E-state index contributed by atoms with van der Waals surface area (Å²) in [5, 5.41) is 13.4. The maximum atomic E-state index is 13.3. The minimum Gasteiger partial charge on any atom is -0.322 e. The Morgan fingerprint density at radius 2 is 1.56 bits per heavy atom. The van der Waals surface area contributed by atoms with Crippen molar-refractivity contribution in [3.63, 3.8) is 0 Å². The van der Waals surface area contributed by atoms with Crippen LogP contribution < -0.4 is 5.32 Å². The van der Waals surface area contributed by atoms with Gasteiger partial charge in [0.1, 0.15) is 0 Å². The van der Waals surface area contributed by atoms with Gasteiger partial charge in [0.25, 0.3) is 5.91 Å². The van der Waals surface area contributed by atoms with Crippen molar-refractivity contribution in [2.24, 2.45) is 0 Å². The minimum absolute atomic E-state index is 0.0141. The fourth-order valence-corrected chi connectivity index (χ4v) is 2.37. The Hall–Kier alpha value is -3.54. The summed E-state index contributed by atoms with van der Waals surface area (Å²) in [6, 6.07) is 20.0. The van der Waals surface area contributed by atoms with E-state index in [2.05, 4.69) is 5.32 Å². The van der Waals surface area contributed by atoms with E-state index in [9.17, 15) is 19.3 Å². The summed E-state index contributed by atoms with van der Waals surface area (Å²) in [6.45, 7) is 0. The predicted molar refractivity (Wildman–Crippen MR) is 92.9 cm³/mol. The fourth-order valence-electron chi connectivity index (χ4n) is 2.37.